The second-order valence-electron chi connectivity index (χ2n) is 2.50. The first-order chi connectivity index (χ1) is 4.36. The van der Waals surface area contributed by atoms with Crippen molar-refractivity contribution in [2.24, 2.45) is 5.92 Å². The molecule has 1 aliphatic heterocycles. The second-order valence-corrected chi connectivity index (χ2v) is 2.50. The highest BCUT2D eigenvalue weighted by Crippen LogP contribution is 2.14. The van der Waals surface area contributed by atoms with Gasteiger partial charge >= 0.3 is 0 Å². The number of nitrogens with zero attached hydrogens (tertiary/aromatic N) is 1. The molecule has 1 aliphatic rings. The molecule has 1 fully saturated rings. The molecule has 0 aliphatic carbocycles. The zero-order chi connectivity index (χ0) is 6.69. The number of β-amino-alcohol motifs (C(OH)–C–C–N with tert-alkyl or cyclic N) is 1. The normalized spacial score (nSPS) is 19.8. The van der Waals surface area contributed by atoms with E-state index in [-0.39, 0.29) is 31.6 Å². The van der Waals surface area contributed by atoms with Crippen LogP contribution in [-0.4, -0.2) is 42.9 Å². The summed E-state index contributed by atoms with van der Waals surface area (Å²) in [5.41, 5.74) is 0. The summed E-state index contributed by atoms with van der Waals surface area (Å²) in [6, 6.07) is 0. The molecule has 0 spiro atoms. The van der Waals surface area contributed by atoms with Crippen molar-refractivity contribution >= 4 is 12.4 Å². The van der Waals surface area contributed by atoms with Gasteiger partial charge in [-0.05, 0) is 0 Å². The van der Waals surface area contributed by atoms with Gasteiger partial charge in [-0.15, -0.1) is 12.4 Å². The van der Waals surface area contributed by atoms with Crippen LogP contribution < -0.4 is 0 Å². The van der Waals surface area contributed by atoms with E-state index in [9.17, 15) is 4.39 Å². The lowest BCUT2D eigenvalue weighted by atomic mass is 10.0. The molecule has 0 aromatic carbocycles. The van der Waals surface area contributed by atoms with Gasteiger partial charge in [-0.25, -0.2) is 0 Å². The van der Waals surface area contributed by atoms with E-state index >= 15 is 0 Å². The minimum atomic E-state index is -0.206. The fourth-order valence-corrected chi connectivity index (χ4v) is 1.10. The molecular weight excluding hydrogens is 157 g/mol. The van der Waals surface area contributed by atoms with E-state index in [0.29, 0.717) is 6.54 Å². The Bertz CT molecular complexity index is 87.8. The molecule has 1 heterocycles. The zero-order valence-corrected chi connectivity index (χ0v) is 6.61. The average Bonchev–Trinajstić information content (AvgIpc) is 1.77. The van der Waals surface area contributed by atoms with Crippen LogP contribution in [0.1, 0.15) is 0 Å². The molecule has 4 heteroatoms. The molecule has 2 nitrogen and oxygen atoms in total. The Morgan fingerprint density at radius 1 is 1.50 bits per heavy atom. The Hall–Kier alpha value is 0.140. The molecule has 0 amide bonds. The highest BCUT2D eigenvalue weighted by molar-refractivity contribution is 5.85. The number of halogens is 2. The van der Waals surface area contributed by atoms with Crippen molar-refractivity contribution in [3.8, 4) is 0 Å². The molecule has 0 aromatic heterocycles. The third kappa shape index (κ3) is 2.40. The predicted octanol–water partition coefficient (Wildman–Crippen LogP) is 0.302. The number of likely N-dealkylation sites (tertiary alicyclic amines) is 1. The summed E-state index contributed by atoms with van der Waals surface area (Å²) in [7, 11) is 0. The quantitative estimate of drug-likeness (QED) is 0.657. The third-order valence-electron chi connectivity index (χ3n) is 1.67. The molecule has 10 heavy (non-hydrogen) atoms. The first-order valence-corrected chi connectivity index (χ1v) is 3.26. The van der Waals surface area contributed by atoms with Crippen LogP contribution in [0, 0.1) is 5.92 Å². The molecule has 1 saturated heterocycles. The van der Waals surface area contributed by atoms with Crippen molar-refractivity contribution in [1.82, 2.24) is 4.90 Å². The molecule has 0 unspecified atom stereocenters. The van der Waals surface area contributed by atoms with Crippen molar-refractivity contribution in [1.29, 1.82) is 0 Å². The summed E-state index contributed by atoms with van der Waals surface area (Å²) in [6.07, 6.45) is 0. The molecule has 0 aromatic rings. The van der Waals surface area contributed by atoms with Gasteiger partial charge in [0.1, 0.15) is 0 Å². The van der Waals surface area contributed by atoms with Gasteiger partial charge in [0.25, 0.3) is 0 Å². The van der Waals surface area contributed by atoms with Gasteiger partial charge in [0.2, 0.25) is 0 Å². The summed E-state index contributed by atoms with van der Waals surface area (Å²) in [4.78, 5) is 2.05. The summed E-state index contributed by atoms with van der Waals surface area (Å²) in [5, 5.41) is 8.43. The highest BCUT2D eigenvalue weighted by atomic mass is 35.5. The SMILES string of the molecule is Cl.OCCN1CC(CF)C1. The van der Waals surface area contributed by atoms with Crippen LogP contribution in [0.15, 0.2) is 0 Å². The van der Waals surface area contributed by atoms with E-state index in [0.717, 1.165) is 13.1 Å². The van der Waals surface area contributed by atoms with Gasteiger partial charge in [0, 0.05) is 25.6 Å². The van der Waals surface area contributed by atoms with Crippen molar-refractivity contribution in [3.63, 3.8) is 0 Å². The van der Waals surface area contributed by atoms with Gasteiger partial charge < -0.3 is 10.0 Å². The van der Waals surface area contributed by atoms with Crippen LogP contribution in [-0.2, 0) is 0 Å². The molecular formula is C6H13ClFNO. The van der Waals surface area contributed by atoms with Crippen LogP contribution >= 0.6 is 12.4 Å². The van der Waals surface area contributed by atoms with E-state index in [1.807, 2.05) is 4.90 Å². The Balaban J connectivity index is 0.000000810. The van der Waals surface area contributed by atoms with Crippen molar-refractivity contribution in [2.75, 3.05) is 32.9 Å². The largest absolute Gasteiger partial charge is 0.395 e. The summed E-state index contributed by atoms with van der Waals surface area (Å²) < 4.78 is 11.8. The number of alkyl halides is 1. The molecule has 0 atom stereocenters. The lowest BCUT2D eigenvalue weighted by Crippen LogP contribution is -2.48. The predicted molar refractivity (Wildman–Crippen MR) is 40.2 cm³/mol. The van der Waals surface area contributed by atoms with Crippen LogP contribution in [0.5, 0.6) is 0 Å². The lowest BCUT2D eigenvalue weighted by molar-refractivity contribution is 0.0630. The summed E-state index contributed by atoms with van der Waals surface area (Å²) >= 11 is 0. The number of hydrogen-bond acceptors (Lipinski definition) is 2. The van der Waals surface area contributed by atoms with Crippen LogP contribution in [0.4, 0.5) is 4.39 Å². The smallest absolute Gasteiger partial charge is 0.0947 e. The van der Waals surface area contributed by atoms with Crippen molar-refractivity contribution < 1.29 is 9.50 Å². The van der Waals surface area contributed by atoms with E-state index in [1.165, 1.54) is 0 Å². The van der Waals surface area contributed by atoms with Gasteiger partial charge in [-0.1, -0.05) is 0 Å². The number of aliphatic hydroxyl groups excluding tert-OH is 1. The molecule has 1 rings (SSSR count). The summed E-state index contributed by atoms with van der Waals surface area (Å²) in [6.45, 7) is 2.35. The standard InChI is InChI=1S/C6H12FNO.ClH/c7-3-6-4-8(5-6)1-2-9;/h6,9H,1-5H2;1H. The number of hydrogen-bond donors (Lipinski definition) is 1. The Labute approximate surface area is 66.4 Å². The summed E-state index contributed by atoms with van der Waals surface area (Å²) in [5.74, 6) is 0.247. The maximum atomic E-state index is 11.8. The van der Waals surface area contributed by atoms with E-state index < -0.39 is 0 Å². The minimum Gasteiger partial charge on any atom is -0.395 e. The van der Waals surface area contributed by atoms with Crippen LogP contribution in [0.2, 0.25) is 0 Å². The fraction of sp³-hybridized carbons (Fsp3) is 1.00. The second kappa shape index (κ2) is 4.88. The molecule has 0 bridgehead atoms. The maximum absolute atomic E-state index is 11.8. The molecule has 62 valence electrons. The van der Waals surface area contributed by atoms with Gasteiger partial charge in [0.15, 0.2) is 0 Å². The van der Waals surface area contributed by atoms with E-state index in [4.69, 9.17) is 5.11 Å². The van der Waals surface area contributed by atoms with Gasteiger partial charge in [0.05, 0.1) is 13.3 Å². The zero-order valence-electron chi connectivity index (χ0n) is 5.79. The number of rotatable bonds is 3. The van der Waals surface area contributed by atoms with Crippen molar-refractivity contribution in [3.05, 3.63) is 0 Å². The highest BCUT2D eigenvalue weighted by Gasteiger charge is 2.25. The molecule has 1 N–H and O–H groups in total. The third-order valence-corrected chi connectivity index (χ3v) is 1.67. The van der Waals surface area contributed by atoms with E-state index in [2.05, 4.69) is 0 Å². The Kier molecular flexibility index (Phi) is 4.95. The van der Waals surface area contributed by atoms with E-state index in [1.54, 1.807) is 0 Å². The number of aliphatic hydroxyl groups is 1. The maximum Gasteiger partial charge on any atom is 0.0947 e. The average molecular weight is 170 g/mol. The Morgan fingerprint density at radius 3 is 2.50 bits per heavy atom. The fourth-order valence-electron chi connectivity index (χ4n) is 1.10. The molecule has 0 radical (unpaired) electrons. The first kappa shape index (κ1) is 10.1. The monoisotopic (exact) mass is 169 g/mol. The van der Waals surface area contributed by atoms with Crippen LogP contribution in [0.25, 0.3) is 0 Å². The molecule has 0 saturated carbocycles. The first-order valence-electron chi connectivity index (χ1n) is 3.26. The minimum absolute atomic E-state index is 0. The van der Waals surface area contributed by atoms with Gasteiger partial charge in [-0.2, -0.15) is 0 Å². The van der Waals surface area contributed by atoms with Crippen LogP contribution in [0.3, 0.4) is 0 Å². The van der Waals surface area contributed by atoms with Crippen molar-refractivity contribution in [2.45, 2.75) is 0 Å². The topological polar surface area (TPSA) is 23.5 Å². The Morgan fingerprint density at radius 2 is 2.10 bits per heavy atom. The van der Waals surface area contributed by atoms with Gasteiger partial charge in [-0.3, -0.25) is 4.39 Å². The lowest BCUT2D eigenvalue weighted by Gasteiger charge is -2.37.